The third-order valence-corrected chi connectivity index (χ3v) is 7.12. The van der Waals surface area contributed by atoms with Gasteiger partial charge in [-0.2, -0.15) is 8.42 Å². The minimum Gasteiger partial charge on any atom is -0.355 e. The summed E-state index contributed by atoms with van der Waals surface area (Å²) in [6.45, 7) is 3.36. The van der Waals surface area contributed by atoms with E-state index in [0.29, 0.717) is 31.0 Å². The minimum atomic E-state index is -3.65. The van der Waals surface area contributed by atoms with E-state index >= 15 is 0 Å². The van der Waals surface area contributed by atoms with Crippen LogP contribution in [0.15, 0.2) is 63.9 Å². The van der Waals surface area contributed by atoms with Crippen LogP contribution in [0, 0.1) is 5.92 Å². The van der Waals surface area contributed by atoms with Gasteiger partial charge >= 0.3 is 0 Å². The van der Waals surface area contributed by atoms with Crippen molar-refractivity contribution < 1.29 is 13.2 Å². The summed E-state index contributed by atoms with van der Waals surface area (Å²) in [5.41, 5.74) is 1.87. The Morgan fingerprint density at radius 1 is 1.16 bits per heavy atom. The largest absolute Gasteiger partial charge is 0.355 e. The number of fused-ring (bicyclic) bond motifs is 1. The number of nitrogens with one attached hydrogen (secondary N) is 1. The fourth-order valence-electron chi connectivity index (χ4n) is 4.19. The highest BCUT2D eigenvalue weighted by molar-refractivity contribution is 7.90. The molecule has 0 spiro atoms. The molecule has 2 aromatic carbocycles. The van der Waals surface area contributed by atoms with Crippen LogP contribution in [0.4, 0.5) is 0 Å². The van der Waals surface area contributed by atoms with Crippen molar-refractivity contribution in [3.8, 4) is 0 Å². The van der Waals surface area contributed by atoms with Gasteiger partial charge in [-0.05, 0) is 37.6 Å². The standard InChI is InChI=1S/C23H28N4O3S/c1-26(16-18-8-3-2-4-9-18)15-13-24-23(28)19-10-7-14-27(17-19)22-20-11-5-6-12-21(20)31(29,30)25-22/h2-6,8-9,11-12,19H,7,10,13-17H2,1H3,(H,24,28). The Morgan fingerprint density at radius 3 is 2.71 bits per heavy atom. The van der Waals surface area contributed by atoms with Gasteiger partial charge in [-0.25, -0.2) is 0 Å². The molecule has 7 nitrogen and oxygen atoms in total. The Kier molecular flexibility index (Phi) is 6.38. The van der Waals surface area contributed by atoms with Crippen LogP contribution in [0.25, 0.3) is 0 Å². The molecule has 2 aliphatic rings. The van der Waals surface area contributed by atoms with Crippen LogP contribution in [-0.4, -0.2) is 63.2 Å². The highest BCUT2D eigenvalue weighted by Gasteiger charge is 2.35. The van der Waals surface area contributed by atoms with E-state index < -0.39 is 10.0 Å². The van der Waals surface area contributed by atoms with E-state index in [4.69, 9.17) is 0 Å². The lowest BCUT2D eigenvalue weighted by Gasteiger charge is -2.33. The molecular formula is C23H28N4O3S. The van der Waals surface area contributed by atoms with E-state index in [1.54, 1.807) is 18.2 Å². The summed E-state index contributed by atoms with van der Waals surface area (Å²) in [6, 6.07) is 17.1. The van der Waals surface area contributed by atoms with Crippen molar-refractivity contribution in [2.24, 2.45) is 10.3 Å². The van der Waals surface area contributed by atoms with Gasteiger partial charge in [0.15, 0.2) is 5.84 Å². The zero-order chi connectivity index (χ0) is 21.8. The number of amides is 1. The maximum atomic E-state index is 12.8. The highest BCUT2D eigenvalue weighted by Crippen LogP contribution is 2.29. The second kappa shape index (κ2) is 9.20. The molecule has 2 heterocycles. The van der Waals surface area contributed by atoms with Crippen molar-refractivity contribution in [1.82, 2.24) is 15.1 Å². The summed E-state index contributed by atoms with van der Waals surface area (Å²) in [7, 11) is -1.61. The predicted octanol–water partition coefficient (Wildman–Crippen LogP) is 2.10. The van der Waals surface area contributed by atoms with Gasteiger partial charge < -0.3 is 15.1 Å². The van der Waals surface area contributed by atoms with E-state index in [1.165, 1.54) is 5.56 Å². The third kappa shape index (κ3) is 4.97. The van der Waals surface area contributed by atoms with E-state index in [2.05, 4.69) is 26.7 Å². The smallest absolute Gasteiger partial charge is 0.285 e. The van der Waals surface area contributed by atoms with Crippen LogP contribution >= 0.6 is 0 Å². The van der Waals surface area contributed by atoms with Crippen LogP contribution < -0.4 is 5.32 Å². The molecule has 8 heteroatoms. The molecule has 2 aliphatic heterocycles. The van der Waals surface area contributed by atoms with Gasteiger partial charge in [-0.3, -0.25) is 4.79 Å². The van der Waals surface area contributed by atoms with Crippen molar-refractivity contribution >= 4 is 21.8 Å². The lowest BCUT2D eigenvalue weighted by molar-refractivity contribution is -0.126. The van der Waals surface area contributed by atoms with Gasteiger partial charge in [0, 0.05) is 38.3 Å². The SMILES string of the molecule is CN(CCNC(=O)C1CCCN(C2=NS(=O)(=O)c3ccccc32)C1)Cc1ccccc1. The Morgan fingerprint density at radius 2 is 1.90 bits per heavy atom. The molecule has 0 aromatic heterocycles. The number of carbonyl (C=O) groups is 1. The van der Waals surface area contributed by atoms with Gasteiger partial charge in [0.1, 0.15) is 4.90 Å². The molecule has 1 atom stereocenters. The molecule has 1 unspecified atom stereocenters. The van der Waals surface area contributed by atoms with E-state index in [9.17, 15) is 13.2 Å². The van der Waals surface area contributed by atoms with Crippen molar-refractivity contribution in [2.75, 3.05) is 33.2 Å². The van der Waals surface area contributed by atoms with E-state index in [-0.39, 0.29) is 16.7 Å². The van der Waals surface area contributed by atoms with Gasteiger partial charge in [0.2, 0.25) is 5.91 Å². The maximum absolute atomic E-state index is 12.8. The number of piperidine rings is 1. The molecule has 1 saturated heterocycles. The second-order valence-corrected chi connectivity index (χ2v) is 9.76. The Hall–Kier alpha value is -2.71. The molecule has 2 aromatic rings. The van der Waals surface area contributed by atoms with Crippen LogP contribution in [-0.2, 0) is 21.4 Å². The molecular weight excluding hydrogens is 412 g/mol. The van der Waals surface area contributed by atoms with Gasteiger partial charge in [-0.15, -0.1) is 4.40 Å². The van der Waals surface area contributed by atoms with Crippen LogP contribution in [0.3, 0.4) is 0 Å². The van der Waals surface area contributed by atoms with Crippen LogP contribution in [0.2, 0.25) is 0 Å². The third-order valence-electron chi connectivity index (χ3n) is 5.79. The summed E-state index contributed by atoms with van der Waals surface area (Å²) in [5, 5.41) is 3.05. The first-order valence-electron chi connectivity index (χ1n) is 10.6. The molecule has 1 N–H and O–H groups in total. The summed E-state index contributed by atoms with van der Waals surface area (Å²) in [5.74, 6) is 0.314. The van der Waals surface area contributed by atoms with Gasteiger partial charge in [0.25, 0.3) is 10.0 Å². The van der Waals surface area contributed by atoms with E-state index in [1.807, 2.05) is 36.2 Å². The fourth-order valence-corrected chi connectivity index (χ4v) is 5.42. The van der Waals surface area contributed by atoms with Gasteiger partial charge in [0.05, 0.1) is 5.92 Å². The molecule has 0 aliphatic carbocycles. The minimum absolute atomic E-state index is 0.0209. The Balaban J connectivity index is 1.31. The van der Waals surface area contributed by atoms with Crippen molar-refractivity contribution in [3.05, 3.63) is 65.7 Å². The molecule has 1 fully saturated rings. The van der Waals surface area contributed by atoms with Gasteiger partial charge in [-0.1, -0.05) is 42.5 Å². The van der Waals surface area contributed by atoms with E-state index in [0.717, 1.165) is 25.9 Å². The summed E-state index contributed by atoms with van der Waals surface area (Å²) in [6.07, 6.45) is 1.62. The van der Waals surface area contributed by atoms with Crippen LogP contribution in [0.1, 0.15) is 24.0 Å². The predicted molar refractivity (Wildman–Crippen MR) is 120 cm³/mol. The van der Waals surface area contributed by atoms with Crippen molar-refractivity contribution in [2.45, 2.75) is 24.3 Å². The summed E-state index contributed by atoms with van der Waals surface area (Å²) < 4.78 is 28.7. The number of carbonyl (C=O) groups excluding carboxylic acids is 1. The number of rotatable bonds is 6. The zero-order valence-corrected chi connectivity index (χ0v) is 18.5. The fraction of sp³-hybridized carbons (Fsp3) is 0.391. The number of hydrogen-bond acceptors (Lipinski definition) is 5. The summed E-state index contributed by atoms with van der Waals surface area (Å²) in [4.78, 5) is 17.1. The van der Waals surface area contributed by atoms with Crippen LogP contribution in [0.5, 0.6) is 0 Å². The Bertz CT molecular complexity index is 1070. The highest BCUT2D eigenvalue weighted by atomic mass is 32.2. The lowest BCUT2D eigenvalue weighted by Crippen LogP contribution is -2.46. The first-order chi connectivity index (χ1) is 14.9. The number of amidine groups is 1. The molecule has 0 saturated carbocycles. The quantitative estimate of drug-likeness (QED) is 0.744. The molecule has 164 valence electrons. The number of nitrogens with zero attached hydrogens (tertiary/aromatic N) is 3. The molecule has 4 rings (SSSR count). The molecule has 0 bridgehead atoms. The number of likely N-dealkylation sites (tertiary alicyclic amines) is 1. The molecule has 1 amide bonds. The Labute approximate surface area is 183 Å². The first-order valence-corrected chi connectivity index (χ1v) is 12.1. The zero-order valence-electron chi connectivity index (χ0n) is 17.7. The number of benzene rings is 2. The number of hydrogen-bond donors (Lipinski definition) is 1. The number of likely N-dealkylation sites (N-methyl/N-ethyl adjacent to an activating group) is 1. The second-order valence-electron chi connectivity index (χ2n) is 8.19. The van der Waals surface area contributed by atoms with Crippen molar-refractivity contribution in [3.63, 3.8) is 0 Å². The van der Waals surface area contributed by atoms with Crippen molar-refractivity contribution in [1.29, 1.82) is 0 Å². The lowest BCUT2D eigenvalue weighted by atomic mass is 9.96. The normalized spacial score (nSPS) is 19.7. The number of sulfonamides is 1. The first kappa shape index (κ1) is 21.5. The topological polar surface area (TPSA) is 82.1 Å². The monoisotopic (exact) mass is 440 g/mol. The molecule has 0 radical (unpaired) electrons. The average Bonchev–Trinajstić information content (AvgIpc) is 3.06. The maximum Gasteiger partial charge on any atom is 0.285 e. The summed E-state index contributed by atoms with van der Waals surface area (Å²) >= 11 is 0. The molecule has 31 heavy (non-hydrogen) atoms. The average molecular weight is 441 g/mol.